The van der Waals surface area contributed by atoms with Gasteiger partial charge < -0.3 is 4.57 Å². The first-order valence-corrected chi connectivity index (χ1v) is 5.48. The minimum Gasteiger partial charge on any atom is -0.343 e. The van der Waals surface area contributed by atoms with Crippen LogP contribution < -0.4 is 0 Å². The molecule has 0 spiro atoms. The average Bonchev–Trinajstić information content (AvgIpc) is 2.59. The lowest BCUT2D eigenvalue weighted by Crippen LogP contribution is -1.90. The molecule has 3 rings (SSSR count). The third-order valence-electron chi connectivity index (χ3n) is 3.49. The summed E-state index contributed by atoms with van der Waals surface area (Å²) in [5.41, 5.74) is 5.27. The molecule has 0 atom stereocenters. The van der Waals surface area contributed by atoms with E-state index in [-0.39, 0.29) is 0 Å². The molecule has 0 aliphatic rings. The van der Waals surface area contributed by atoms with Crippen LogP contribution in [0.25, 0.3) is 21.8 Å². The summed E-state index contributed by atoms with van der Waals surface area (Å²) in [7, 11) is 2.12. The number of hydrogen-bond donors (Lipinski definition) is 0. The molecule has 1 aromatic carbocycles. The van der Waals surface area contributed by atoms with Gasteiger partial charge in [0.25, 0.3) is 0 Å². The number of aromatic nitrogens is 2. The molecule has 2 aromatic heterocycles. The van der Waals surface area contributed by atoms with Crippen molar-refractivity contribution in [3.8, 4) is 0 Å². The molecule has 80 valence electrons. The van der Waals surface area contributed by atoms with E-state index in [4.69, 9.17) is 0 Å². The van der Waals surface area contributed by atoms with E-state index in [1.165, 1.54) is 32.9 Å². The lowest BCUT2D eigenvalue weighted by molar-refractivity contribution is 1.00. The molecule has 0 amide bonds. The Morgan fingerprint density at radius 3 is 2.69 bits per heavy atom. The van der Waals surface area contributed by atoms with Crippen molar-refractivity contribution in [2.24, 2.45) is 7.05 Å². The van der Waals surface area contributed by atoms with Crippen molar-refractivity contribution in [1.29, 1.82) is 0 Å². The van der Waals surface area contributed by atoms with Crippen molar-refractivity contribution in [3.05, 3.63) is 41.7 Å². The van der Waals surface area contributed by atoms with E-state index < -0.39 is 0 Å². The predicted octanol–water partition coefficient (Wildman–Crippen LogP) is 3.34. The van der Waals surface area contributed by atoms with Crippen molar-refractivity contribution >= 4 is 21.8 Å². The first-order chi connectivity index (χ1) is 7.70. The highest BCUT2D eigenvalue weighted by Crippen LogP contribution is 2.30. The maximum atomic E-state index is 4.22. The van der Waals surface area contributed by atoms with Crippen LogP contribution in [0.1, 0.15) is 11.1 Å². The van der Waals surface area contributed by atoms with Crippen LogP contribution in [0.15, 0.2) is 30.6 Å². The molecule has 0 fully saturated rings. The fourth-order valence-corrected chi connectivity index (χ4v) is 2.46. The van der Waals surface area contributed by atoms with Gasteiger partial charge in [0.1, 0.15) is 0 Å². The maximum absolute atomic E-state index is 4.22. The quantitative estimate of drug-likeness (QED) is 0.556. The van der Waals surface area contributed by atoms with Crippen molar-refractivity contribution in [1.82, 2.24) is 9.55 Å². The Kier molecular flexibility index (Phi) is 1.81. The van der Waals surface area contributed by atoms with Gasteiger partial charge in [0.15, 0.2) is 0 Å². The van der Waals surface area contributed by atoms with Gasteiger partial charge in [-0.3, -0.25) is 4.98 Å². The maximum Gasteiger partial charge on any atom is 0.0521 e. The van der Waals surface area contributed by atoms with Crippen LogP contribution in [-0.4, -0.2) is 9.55 Å². The summed E-state index contributed by atoms with van der Waals surface area (Å²) in [6, 6.07) is 6.45. The van der Waals surface area contributed by atoms with Crippen LogP contribution in [0.3, 0.4) is 0 Å². The van der Waals surface area contributed by atoms with E-state index in [1.54, 1.807) is 0 Å². The lowest BCUT2D eigenvalue weighted by atomic mass is 10.1. The van der Waals surface area contributed by atoms with Gasteiger partial charge in [-0.25, -0.2) is 0 Å². The average molecular weight is 210 g/mol. The largest absolute Gasteiger partial charge is 0.343 e. The van der Waals surface area contributed by atoms with Gasteiger partial charge in [0.05, 0.1) is 11.0 Å². The molecule has 0 saturated heterocycles. The smallest absolute Gasteiger partial charge is 0.0521 e. The Balaban J connectivity index is 2.67. The normalized spacial score (nSPS) is 11.4. The van der Waals surface area contributed by atoms with Crippen LogP contribution >= 0.6 is 0 Å². The van der Waals surface area contributed by atoms with Gasteiger partial charge in [-0.05, 0) is 31.0 Å². The standard InChI is InChI=1S/C14H14N2/c1-9-4-5-11-12-8-15-7-6-13(12)16(3)14(11)10(9)2/h4-8H,1-3H3. The van der Waals surface area contributed by atoms with Crippen molar-refractivity contribution < 1.29 is 0 Å². The van der Waals surface area contributed by atoms with E-state index in [9.17, 15) is 0 Å². The van der Waals surface area contributed by atoms with E-state index in [1.807, 2.05) is 12.4 Å². The zero-order chi connectivity index (χ0) is 11.3. The molecule has 0 aliphatic heterocycles. The number of fused-ring (bicyclic) bond motifs is 3. The van der Waals surface area contributed by atoms with Gasteiger partial charge in [0, 0.05) is 30.2 Å². The number of rotatable bonds is 0. The topological polar surface area (TPSA) is 17.8 Å². The Labute approximate surface area is 94.5 Å². The van der Waals surface area contributed by atoms with Crippen LogP contribution in [0.2, 0.25) is 0 Å². The third kappa shape index (κ3) is 1.04. The summed E-state index contributed by atoms with van der Waals surface area (Å²) in [6.07, 6.45) is 3.80. The summed E-state index contributed by atoms with van der Waals surface area (Å²) in [5, 5.41) is 2.54. The highest BCUT2D eigenvalue weighted by molar-refractivity contribution is 6.08. The molecule has 0 radical (unpaired) electrons. The van der Waals surface area contributed by atoms with Gasteiger partial charge in [0.2, 0.25) is 0 Å². The summed E-state index contributed by atoms with van der Waals surface area (Å²) in [4.78, 5) is 4.22. The van der Waals surface area contributed by atoms with E-state index in [2.05, 4.69) is 48.6 Å². The number of benzene rings is 1. The summed E-state index contributed by atoms with van der Waals surface area (Å²) in [5.74, 6) is 0. The van der Waals surface area contributed by atoms with Gasteiger partial charge in [-0.2, -0.15) is 0 Å². The zero-order valence-electron chi connectivity index (χ0n) is 9.78. The van der Waals surface area contributed by atoms with Crippen LogP contribution in [0.4, 0.5) is 0 Å². The molecule has 0 unspecified atom stereocenters. The van der Waals surface area contributed by atoms with Crippen molar-refractivity contribution in [2.45, 2.75) is 13.8 Å². The summed E-state index contributed by atoms with van der Waals surface area (Å²) in [6.45, 7) is 4.34. The molecule has 3 aromatic rings. The molecular formula is C14H14N2. The number of hydrogen-bond acceptors (Lipinski definition) is 1. The van der Waals surface area contributed by atoms with Crippen LogP contribution in [0.5, 0.6) is 0 Å². The second-order valence-electron chi connectivity index (χ2n) is 4.36. The van der Waals surface area contributed by atoms with E-state index >= 15 is 0 Å². The van der Waals surface area contributed by atoms with Crippen molar-refractivity contribution in [2.75, 3.05) is 0 Å². The molecule has 16 heavy (non-hydrogen) atoms. The Morgan fingerprint density at radius 2 is 1.88 bits per heavy atom. The molecule has 2 heterocycles. The fraction of sp³-hybridized carbons (Fsp3) is 0.214. The number of aryl methyl sites for hydroxylation is 3. The van der Waals surface area contributed by atoms with Gasteiger partial charge >= 0.3 is 0 Å². The molecule has 2 heteroatoms. The molecular weight excluding hydrogens is 196 g/mol. The molecule has 0 aliphatic carbocycles. The second-order valence-corrected chi connectivity index (χ2v) is 4.36. The lowest BCUT2D eigenvalue weighted by Gasteiger charge is -2.04. The second kappa shape index (κ2) is 3.08. The highest BCUT2D eigenvalue weighted by atomic mass is 14.9. The number of pyridine rings is 1. The van der Waals surface area contributed by atoms with Gasteiger partial charge in [-0.1, -0.05) is 12.1 Å². The number of nitrogens with zero attached hydrogens (tertiary/aromatic N) is 2. The highest BCUT2D eigenvalue weighted by Gasteiger charge is 2.10. The minimum atomic E-state index is 1.24. The minimum absolute atomic E-state index is 1.24. The fourth-order valence-electron chi connectivity index (χ4n) is 2.46. The third-order valence-corrected chi connectivity index (χ3v) is 3.49. The van der Waals surface area contributed by atoms with E-state index in [0.29, 0.717) is 0 Å². The molecule has 0 saturated carbocycles. The Bertz CT molecular complexity index is 693. The first-order valence-electron chi connectivity index (χ1n) is 5.48. The van der Waals surface area contributed by atoms with Gasteiger partial charge in [-0.15, -0.1) is 0 Å². The van der Waals surface area contributed by atoms with Crippen LogP contribution in [-0.2, 0) is 7.05 Å². The predicted molar refractivity (Wildman–Crippen MR) is 67.7 cm³/mol. The van der Waals surface area contributed by atoms with Crippen molar-refractivity contribution in [3.63, 3.8) is 0 Å². The first kappa shape index (κ1) is 9.40. The molecule has 2 nitrogen and oxygen atoms in total. The zero-order valence-corrected chi connectivity index (χ0v) is 9.78. The summed E-state index contributed by atoms with van der Waals surface area (Å²) < 4.78 is 2.26. The molecule has 0 N–H and O–H groups in total. The monoisotopic (exact) mass is 210 g/mol. The summed E-state index contributed by atoms with van der Waals surface area (Å²) >= 11 is 0. The molecule has 0 bridgehead atoms. The van der Waals surface area contributed by atoms with Crippen LogP contribution in [0, 0.1) is 13.8 Å². The SMILES string of the molecule is Cc1ccc2c3cnccc3n(C)c2c1C. The Morgan fingerprint density at radius 1 is 1.06 bits per heavy atom. The Hall–Kier alpha value is -1.83. The van der Waals surface area contributed by atoms with E-state index in [0.717, 1.165) is 0 Å².